The Hall–Kier alpha value is -2.42. The van der Waals surface area contributed by atoms with Crippen molar-refractivity contribution in [3.05, 3.63) is 46.1 Å². The Morgan fingerprint density at radius 3 is 2.48 bits per heavy atom. The number of aryl methyl sites for hydroxylation is 1. The minimum absolute atomic E-state index is 0.0466. The van der Waals surface area contributed by atoms with Crippen molar-refractivity contribution in [3.63, 3.8) is 0 Å². The first-order chi connectivity index (χ1) is 11.8. The number of sulfone groups is 1. The molecule has 1 aromatic carbocycles. The van der Waals surface area contributed by atoms with E-state index in [1.54, 1.807) is 28.6 Å². The molecule has 1 aliphatic heterocycles. The van der Waals surface area contributed by atoms with Crippen LogP contribution in [0, 0.1) is 0 Å². The molecule has 0 saturated heterocycles. The maximum atomic E-state index is 12.5. The molecule has 3 rings (SSSR count). The summed E-state index contributed by atoms with van der Waals surface area (Å²) in [6.07, 6.45) is 1.89. The van der Waals surface area contributed by atoms with E-state index in [0.717, 1.165) is 11.8 Å². The predicted molar refractivity (Wildman–Crippen MR) is 91.0 cm³/mol. The van der Waals surface area contributed by atoms with Crippen molar-refractivity contribution in [2.24, 2.45) is 7.05 Å². The fourth-order valence-electron chi connectivity index (χ4n) is 2.92. The molecule has 0 spiro atoms. The van der Waals surface area contributed by atoms with Crippen LogP contribution >= 0.6 is 0 Å². The minimum atomic E-state index is -3.24. The van der Waals surface area contributed by atoms with E-state index in [1.165, 1.54) is 16.8 Å². The second-order valence-corrected chi connectivity index (χ2v) is 8.21. The van der Waals surface area contributed by atoms with Gasteiger partial charge in [-0.05, 0) is 17.7 Å². The molecule has 1 amide bonds. The van der Waals surface area contributed by atoms with Crippen molar-refractivity contribution >= 4 is 15.7 Å². The van der Waals surface area contributed by atoms with Gasteiger partial charge in [-0.2, -0.15) is 5.10 Å². The molecule has 0 N–H and O–H groups in total. The maximum absolute atomic E-state index is 12.5. The second kappa shape index (κ2) is 6.47. The fourth-order valence-corrected chi connectivity index (χ4v) is 3.55. The summed E-state index contributed by atoms with van der Waals surface area (Å²) in [5, 5.41) is 4.19. The summed E-state index contributed by atoms with van der Waals surface area (Å²) in [5.74, 6) is 0.648. The number of rotatable bonds is 3. The third-order valence-electron chi connectivity index (χ3n) is 4.34. The van der Waals surface area contributed by atoms with E-state index < -0.39 is 9.84 Å². The zero-order valence-corrected chi connectivity index (χ0v) is 15.0. The highest BCUT2D eigenvalue weighted by molar-refractivity contribution is 7.90. The molecule has 0 atom stereocenters. The second-order valence-electron chi connectivity index (χ2n) is 6.20. The van der Waals surface area contributed by atoms with Crippen LogP contribution < -0.4 is 5.69 Å². The normalized spacial score (nSPS) is 14.9. The van der Waals surface area contributed by atoms with Crippen LogP contribution in [0.25, 0.3) is 0 Å². The van der Waals surface area contributed by atoms with Crippen LogP contribution in [0.3, 0.4) is 0 Å². The minimum Gasteiger partial charge on any atom is -0.340 e. The summed E-state index contributed by atoms with van der Waals surface area (Å²) in [4.78, 5) is 26.4. The lowest BCUT2D eigenvalue weighted by molar-refractivity contribution is -0.130. The quantitative estimate of drug-likeness (QED) is 0.740. The van der Waals surface area contributed by atoms with Crippen LogP contribution in [-0.4, -0.2) is 52.9 Å². The summed E-state index contributed by atoms with van der Waals surface area (Å²) in [7, 11) is -1.62. The molecule has 1 aliphatic rings. The van der Waals surface area contributed by atoms with Crippen molar-refractivity contribution in [2.45, 2.75) is 24.3 Å². The average molecular weight is 364 g/mol. The molecule has 134 valence electrons. The number of aromatic nitrogens is 3. The van der Waals surface area contributed by atoms with E-state index in [1.807, 2.05) is 0 Å². The van der Waals surface area contributed by atoms with Gasteiger partial charge in [0.1, 0.15) is 5.82 Å². The Morgan fingerprint density at radius 2 is 1.84 bits per heavy atom. The number of fused-ring (bicyclic) bond motifs is 1. The van der Waals surface area contributed by atoms with Gasteiger partial charge >= 0.3 is 5.69 Å². The highest BCUT2D eigenvalue weighted by atomic mass is 32.2. The van der Waals surface area contributed by atoms with E-state index in [9.17, 15) is 18.0 Å². The van der Waals surface area contributed by atoms with Crippen molar-refractivity contribution in [1.29, 1.82) is 0 Å². The number of hydrogen-bond acceptors (Lipinski definition) is 5. The number of carbonyl (C=O) groups excluding carboxylic acids is 1. The first-order valence-electron chi connectivity index (χ1n) is 7.95. The topological polar surface area (TPSA) is 94.3 Å². The van der Waals surface area contributed by atoms with E-state index in [-0.39, 0.29) is 22.9 Å². The maximum Gasteiger partial charge on any atom is 0.345 e. The lowest BCUT2D eigenvalue weighted by atomic mass is 10.1. The smallest absolute Gasteiger partial charge is 0.340 e. The Labute approximate surface area is 145 Å². The molecule has 2 heterocycles. The van der Waals surface area contributed by atoms with Gasteiger partial charge in [-0.1, -0.05) is 12.1 Å². The van der Waals surface area contributed by atoms with Crippen LogP contribution in [0.15, 0.2) is 34.0 Å². The van der Waals surface area contributed by atoms with Gasteiger partial charge < -0.3 is 4.90 Å². The van der Waals surface area contributed by atoms with Crippen LogP contribution in [0.4, 0.5) is 0 Å². The third kappa shape index (κ3) is 3.65. The summed E-state index contributed by atoms with van der Waals surface area (Å²) < 4.78 is 25.9. The van der Waals surface area contributed by atoms with Gasteiger partial charge in [0.25, 0.3) is 0 Å². The van der Waals surface area contributed by atoms with E-state index >= 15 is 0 Å². The van der Waals surface area contributed by atoms with E-state index in [2.05, 4.69) is 5.10 Å². The highest BCUT2D eigenvalue weighted by Crippen LogP contribution is 2.12. The Morgan fingerprint density at radius 1 is 1.16 bits per heavy atom. The number of hydrogen-bond donors (Lipinski definition) is 0. The van der Waals surface area contributed by atoms with Gasteiger partial charge in [0.05, 0.1) is 11.3 Å². The summed E-state index contributed by atoms with van der Waals surface area (Å²) in [5.41, 5.74) is 0.593. The lowest BCUT2D eigenvalue weighted by Gasteiger charge is -2.20. The molecule has 0 aliphatic carbocycles. The van der Waals surface area contributed by atoms with Crippen molar-refractivity contribution in [1.82, 2.24) is 19.2 Å². The van der Waals surface area contributed by atoms with Gasteiger partial charge in [-0.3, -0.25) is 9.36 Å². The molecule has 25 heavy (non-hydrogen) atoms. The molecule has 0 unspecified atom stereocenters. The van der Waals surface area contributed by atoms with Crippen molar-refractivity contribution in [2.75, 3.05) is 19.3 Å². The van der Waals surface area contributed by atoms with Gasteiger partial charge in [-0.25, -0.2) is 17.9 Å². The highest BCUT2D eigenvalue weighted by Gasteiger charge is 2.21. The molecule has 1 aromatic heterocycles. The van der Waals surface area contributed by atoms with Gasteiger partial charge in [-0.15, -0.1) is 0 Å². The van der Waals surface area contributed by atoms with Crippen LogP contribution in [-0.2, 0) is 41.1 Å². The largest absolute Gasteiger partial charge is 0.345 e. The first kappa shape index (κ1) is 17.4. The molecular formula is C16H20N4O4S. The molecule has 0 radical (unpaired) electrons. The molecular weight excluding hydrogens is 344 g/mol. The van der Waals surface area contributed by atoms with E-state index in [4.69, 9.17) is 0 Å². The average Bonchev–Trinajstić information content (AvgIpc) is 2.72. The summed E-state index contributed by atoms with van der Waals surface area (Å²) >= 11 is 0. The van der Waals surface area contributed by atoms with Crippen molar-refractivity contribution in [3.8, 4) is 0 Å². The number of nitrogens with zero attached hydrogens (tertiary/aromatic N) is 4. The zero-order valence-electron chi connectivity index (χ0n) is 14.2. The number of benzene rings is 1. The molecule has 8 nitrogen and oxygen atoms in total. The molecule has 2 aromatic rings. The Balaban J connectivity index is 1.67. The third-order valence-corrected chi connectivity index (χ3v) is 5.47. The van der Waals surface area contributed by atoms with Gasteiger partial charge in [0.15, 0.2) is 9.84 Å². The molecule has 0 fully saturated rings. The standard InChI is InChI=1S/C16H20N4O4S/c1-18-16(22)20-10-9-19(8-7-14(20)17-18)15(21)11-12-3-5-13(6-4-12)25(2,23)24/h3-6H,7-11H2,1-2H3. The number of amides is 1. The fraction of sp³-hybridized carbons (Fsp3) is 0.438. The van der Waals surface area contributed by atoms with Gasteiger partial charge in [0.2, 0.25) is 5.91 Å². The summed E-state index contributed by atoms with van der Waals surface area (Å²) in [6, 6.07) is 6.35. The predicted octanol–water partition coefficient (Wildman–Crippen LogP) is -0.387. The zero-order chi connectivity index (χ0) is 18.2. The molecule has 0 saturated carbocycles. The van der Waals surface area contributed by atoms with Gasteiger partial charge in [0, 0.05) is 39.4 Å². The van der Waals surface area contributed by atoms with Crippen LogP contribution in [0.5, 0.6) is 0 Å². The Bertz CT molecular complexity index is 957. The molecule has 0 bridgehead atoms. The van der Waals surface area contributed by atoms with Crippen molar-refractivity contribution < 1.29 is 13.2 Å². The SMILES string of the molecule is Cn1nc2n(c1=O)CCN(C(=O)Cc1ccc(S(C)(=O)=O)cc1)CC2. The summed E-state index contributed by atoms with van der Waals surface area (Å²) in [6.45, 7) is 1.40. The lowest BCUT2D eigenvalue weighted by Crippen LogP contribution is -2.36. The first-order valence-corrected chi connectivity index (χ1v) is 9.84. The Kier molecular flexibility index (Phi) is 4.51. The monoisotopic (exact) mass is 364 g/mol. The van der Waals surface area contributed by atoms with E-state index in [0.29, 0.717) is 31.9 Å². The molecule has 9 heteroatoms. The van der Waals surface area contributed by atoms with Crippen LogP contribution in [0.1, 0.15) is 11.4 Å². The van der Waals surface area contributed by atoms with Crippen LogP contribution in [0.2, 0.25) is 0 Å². The number of carbonyl (C=O) groups is 1.